The fourth-order valence-corrected chi connectivity index (χ4v) is 2.19. The summed E-state index contributed by atoms with van der Waals surface area (Å²) < 4.78 is 0. The zero-order chi connectivity index (χ0) is 15.2. The molecule has 0 aliphatic heterocycles. The normalized spacial score (nSPS) is 11.7. The second kappa shape index (κ2) is 6.70. The predicted molar refractivity (Wildman–Crippen MR) is 83.1 cm³/mol. The Morgan fingerprint density at radius 1 is 1.05 bits per heavy atom. The molecule has 0 bridgehead atoms. The maximum Gasteiger partial charge on any atom is 0.250 e. The Labute approximate surface area is 124 Å². The third kappa shape index (κ3) is 3.92. The average Bonchev–Trinajstić information content (AvgIpc) is 2.48. The molecular formula is C17H18N2O2. The molecule has 0 fully saturated rings. The number of nitrogens with one attached hydrogen (secondary N) is 1. The van der Waals surface area contributed by atoms with E-state index < -0.39 is 5.91 Å². The van der Waals surface area contributed by atoms with Crippen molar-refractivity contribution in [3.63, 3.8) is 0 Å². The lowest BCUT2D eigenvalue weighted by Crippen LogP contribution is -2.19. The van der Waals surface area contributed by atoms with Gasteiger partial charge in [-0.15, -0.1) is 0 Å². The molecule has 3 N–H and O–H groups in total. The van der Waals surface area contributed by atoms with Crippen molar-refractivity contribution in [2.24, 2.45) is 5.73 Å². The van der Waals surface area contributed by atoms with Gasteiger partial charge in [0.25, 0.3) is 5.91 Å². The van der Waals surface area contributed by atoms with Crippen molar-refractivity contribution in [3.05, 3.63) is 65.7 Å². The van der Waals surface area contributed by atoms with Gasteiger partial charge in [-0.2, -0.15) is 0 Å². The molecule has 1 atom stereocenters. The molecule has 0 heterocycles. The highest BCUT2D eigenvalue weighted by atomic mass is 16.2. The van der Waals surface area contributed by atoms with Gasteiger partial charge < -0.3 is 11.1 Å². The van der Waals surface area contributed by atoms with Crippen LogP contribution in [-0.4, -0.2) is 11.8 Å². The van der Waals surface area contributed by atoms with Crippen molar-refractivity contribution in [2.45, 2.75) is 19.3 Å². The largest absolute Gasteiger partial charge is 0.366 e. The van der Waals surface area contributed by atoms with Crippen LogP contribution in [0.5, 0.6) is 0 Å². The summed E-state index contributed by atoms with van der Waals surface area (Å²) in [5.41, 5.74) is 7.17. The lowest BCUT2D eigenvalue weighted by molar-refractivity contribution is -0.116. The Bertz CT molecular complexity index is 638. The molecule has 0 aromatic heterocycles. The van der Waals surface area contributed by atoms with Crippen molar-refractivity contribution < 1.29 is 9.59 Å². The maximum absolute atomic E-state index is 12.1. The van der Waals surface area contributed by atoms with Gasteiger partial charge in [0.05, 0.1) is 11.3 Å². The number of anilines is 1. The minimum Gasteiger partial charge on any atom is -0.366 e. The first kappa shape index (κ1) is 14.8. The molecule has 4 nitrogen and oxygen atoms in total. The highest BCUT2D eigenvalue weighted by Gasteiger charge is 2.14. The predicted octanol–water partition coefficient (Wildman–Crippen LogP) is 2.92. The number of amides is 2. The van der Waals surface area contributed by atoms with Crippen LogP contribution in [-0.2, 0) is 4.79 Å². The van der Waals surface area contributed by atoms with Gasteiger partial charge in [-0.3, -0.25) is 9.59 Å². The molecule has 0 spiro atoms. The summed E-state index contributed by atoms with van der Waals surface area (Å²) in [5, 5.41) is 2.75. The van der Waals surface area contributed by atoms with Gasteiger partial charge in [-0.25, -0.2) is 0 Å². The Balaban J connectivity index is 2.04. The van der Waals surface area contributed by atoms with Crippen LogP contribution in [0.4, 0.5) is 5.69 Å². The van der Waals surface area contributed by atoms with E-state index in [-0.39, 0.29) is 11.8 Å². The molecule has 0 aliphatic rings. The number of para-hydroxylation sites is 1. The summed E-state index contributed by atoms with van der Waals surface area (Å²) in [6.45, 7) is 1.99. The molecule has 2 aromatic carbocycles. The molecule has 0 saturated heterocycles. The van der Waals surface area contributed by atoms with Gasteiger partial charge in [0.2, 0.25) is 5.91 Å². The van der Waals surface area contributed by atoms with Gasteiger partial charge in [0.1, 0.15) is 0 Å². The second-order valence-corrected chi connectivity index (χ2v) is 4.97. The Morgan fingerprint density at radius 2 is 1.67 bits per heavy atom. The van der Waals surface area contributed by atoms with Crippen LogP contribution in [0.25, 0.3) is 0 Å². The van der Waals surface area contributed by atoms with Gasteiger partial charge in [-0.05, 0) is 23.6 Å². The molecule has 0 radical (unpaired) electrons. The summed E-state index contributed by atoms with van der Waals surface area (Å²) in [6.07, 6.45) is 0.344. The van der Waals surface area contributed by atoms with Crippen LogP contribution >= 0.6 is 0 Å². The molecule has 108 valence electrons. The van der Waals surface area contributed by atoms with Crippen LogP contribution in [0, 0.1) is 0 Å². The summed E-state index contributed by atoms with van der Waals surface area (Å²) in [5.74, 6) is -0.589. The molecular weight excluding hydrogens is 264 g/mol. The van der Waals surface area contributed by atoms with E-state index in [1.54, 1.807) is 24.3 Å². The second-order valence-electron chi connectivity index (χ2n) is 4.97. The molecule has 2 amide bonds. The lowest BCUT2D eigenvalue weighted by Gasteiger charge is -2.13. The third-order valence-electron chi connectivity index (χ3n) is 3.33. The highest BCUT2D eigenvalue weighted by molar-refractivity contribution is 6.03. The van der Waals surface area contributed by atoms with E-state index >= 15 is 0 Å². The van der Waals surface area contributed by atoms with Crippen LogP contribution < -0.4 is 11.1 Å². The number of carbonyl (C=O) groups excluding carboxylic acids is 2. The maximum atomic E-state index is 12.1. The van der Waals surface area contributed by atoms with Gasteiger partial charge >= 0.3 is 0 Å². The number of hydrogen-bond donors (Lipinski definition) is 2. The van der Waals surface area contributed by atoms with Crippen LogP contribution in [0.3, 0.4) is 0 Å². The van der Waals surface area contributed by atoms with Crippen molar-refractivity contribution in [2.75, 3.05) is 5.32 Å². The first-order valence-electron chi connectivity index (χ1n) is 6.81. The number of carbonyl (C=O) groups is 2. The summed E-state index contributed by atoms with van der Waals surface area (Å²) in [7, 11) is 0. The van der Waals surface area contributed by atoms with Crippen LogP contribution in [0.2, 0.25) is 0 Å². The Hall–Kier alpha value is -2.62. The quantitative estimate of drug-likeness (QED) is 0.885. The van der Waals surface area contributed by atoms with E-state index in [1.165, 1.54) is 0 Å². The first-order chi connectivity index (χ1) is 10.1. The topological polar surface area (TPSA) is 72.2 Å². The van der Waals surface area contributed by atoms with E-state index in [0.717, 1.165) is 5.56 Å². The van der Waals surface area contributed by atoms with Gasteiger partial charge in [0, 0.05) is 6.42 Å². The molecule has 4 heteroatoms. The van der Waals surface area contributed by atoms with Crippen molar-refractivity contribution in [1.82, 2.24) is 0 Å². The smallest absolute Gasteiger partial charge is 0.250 e. The molecule has 0 saturated carbocycles. The average molecular weight is 282 g/mol. The molecule has 2 aromatic rings. The van der Waals surface area contributed by atoms with E-state index in [0.29, 0.717) is 17.7 Å². The fourth-order valence-electron chi connectivity index (χ4n) is 2.19. The molecule has 2 rings (SSSR count). The zero-order valence-corrected chi connectivity index (χ0v) is 11.9. The van der Waals surface area contributed by atoms with E-state index in [4.69, 9.17) is 5.73 Å². The van der Waals surface area contributed by atoms with Crippen LogP contribution in [0.1, 0.15) is 35.2 Å². The van der Waals surface area contributed by atoms with Crippen molar-refractivity contribution >= 4 is 17.5 Å². The molecule has 21 heavy (non-hydrogen) atoms. The Morgan fingerprint density at radius 3 is 2.33 bits per heavy atom. The first-order valence-corrected chi connectivity index (χ1v) is 6.81. The molecule has 1 unspecified atom stereocenters. The number of hydrogen-bond acceptors (Lipinski definition) is 2. The monoisotopic (exact) mass is 282 g/mol. The van der Waals surface area contributed by atoms with Gasteiger partial charge in [-0.1, -0.05) is 49.4 Å². The molecule has 0 aliphatic carbocycles. The van der Waals surface area contributed by atoms with Crippen LogP contribution in [0.15, 0.2) is 54.6 Å². The summed E-state index contributed by atoms with van der Waals surface area (Å²) in [4.78, 5) is 23.4. The highest BCUT2D eigenvalue weighted by Crippen LogP contribution is 2.20. The van der Waals surface area contributed by atoms with E-state index in [2.05, 4.69) is 5.32 Å². The number of benzene rings is 2. The number of nitrogens with two attached hydrogens (primary N) is 1. The van der Waals surface area contributed by atoms with Crippen molar-refractivity contribution in [1.29, 1.82) is 0 Å². The minimum atomic E-state index is -0.554. The van der Waals surface area contributed by atoms with Crippen molar-refractivity contribution in [3.8, 4) is 0 Å². The zero-order valence-electron chi connectivity index (χ0n) is 11.9. The summed E-state index contributed by atoms with van der Waals surface area (Å²) >= 11 is 0. The summed E-state index contributed by atoms with van der Waals surface area (Å²) in [6, 6.07) is 16.6. The fraction of sp³-hybridized carbons (Fsp3) is 0.176. The Kier molecular flexibility index (Phi) is 4.72. The standard InChI is InChI=1S/C17H18N2O2/c1-12(13-7-3-2-4-8-13)11-16(20)19-15-10-6-5-9-14(15)17(18)21/h2-10,12H,11H2,1H3,(H2,18,21)(H,19,20). The minimum absolute atomic E-state index is 0.104. The third-order valence-corrected chi connectivity index (χ3v) is 3.33. The lowest BCUT2D eigenvalue weighted by atomic mass is 9.97. The number of rotatable bonds is 5. The van der Waals surface area contributed by atoms with Gasteiger partial charge in [0.15, 0.2) is 0 Å². The van der Waals surface area contributed by atoms with E-state index in [1.807, 2.05) is 37.3 Å². The van der Waals surface area contributed by atoms with E-state index in [9.17, 15) is 9.59 Å². The SMILES string of the molecule is CC(CC(=O)Nc1ccccc1C(N)=O)c1ccccc1. The number of primary amides is 1.